The summed E-state index contributed by atoms with van der Waals surface area (Å²) in [6, 6.07) is 25.2. The third kappa shape index (κ3) is 2.36. The Hall–Kier alpha value is -3.20. The maximum Gasteiger partial charge on any atom is 0.0884 e. The highest BCUT2D eigenvalue weighted by Gasteiger charge is 2.19. The molecule has 3 heteroatoms. The smallest absolute Gasteiger partial charge is 0.0884 e. The fourth-order valence-electron chi connectivity index (χ4n) is 3.56. The number of nitrogens with zero attached hydrogens (tertiary/aromatic N) is 3. The van der Waals surface area contributed by atoms with Crippen molar-refractivity contribution < 1.29 is 0 Å². The van der Waals surface area contributed by atoms with Crippen molar-refractivity contribution >= 4 is 16.6 Å². The van der Waals surface area contributed by atoms with Crippen LogP contribution in [0.5, 0.6) is 0 Å². The predicted octanol–water partition coefficient (Wildman–Crippen LogP) is 4.55. The highest BCUT2D eigenvalue weighted by Crippen LogP contribution is 2.28. The minimum absolute atomic E-state index is 0.805. The maximum absolute atomic E-state index is 4.78. The van der Waals surface area contributed by atoms with Crippen molar-refractivity contribution in [2.45, 2.75) is 6.54 Å². The van der Waals surface area contributed by atoms with Gasteiger partial charge in [0.1, 0.15) is 0 Å². The lowest BCUT2D eigenvalue weighted by Gasteiger charge is -2.19. The Balaban J connectivity index is 1.63. The summed E-state index contributed by atoms with van der Waals surface area (Å²) in [6.45, 7) is 1.71. The fraction of sp³-hybridized carbons (Fsp3) is 0.0909. The molecule has 120 valence electrons. The predicted molar refractivity (Wildman–Crippen MR) is 102 cm³/mol. The summed E-state index contributed by atoms with van der Waals surface area (Å²) in [5.41, 5.74) is 6.82. The SMILES string of the molecule is c1ccc(C2=NCCn3c2ccc3-c2cnc3ccccc3c2)cc1. The lowest BCUT2D eigenvalue weighted by molar-refractivity contribution is 0.696. The molecule has 0 bridgehead atoms. The second kappa shape index (κ2) is 5.71. The van der Waals surface area contributed by atoms with Gasteiger partial charge in [0.25, 0.3) is 0 Å². The van der Waals surface area contributed by atoms with Crippen LogP contribution in [0.2, 0.25) is 0 Å². The van der Waals surface area contributed by atoms with Crippen LogP contribution < -0.4 is 0 Å². The molecule has 0 aliphatic carbocycles. The van der Waals surface area contributed by atoms with E-state index in [1.165, 1.54) is 22.3 Å². The molecule has 2 aromatic heterocycles. The number of hydrogen-bond donors (Lipinski definition) is 0. The maximum atomic E-state index is 4.78. The molecular formula is C22H17N3. The molecule has 0 fully saturated rings. The Morgan fingerprint density at radius 3 is 2.48 bits per heavy atom. The number of aliphatic imine (C=N–C) groups is 1. The zero-order chi connectivity index (χ0) is 16.6. The van der Waals surface area contributed by atoms with Crippen molar-refractivity contribution in [3.05, 3.63) is 90.3 Å². The molecule has 0 radical (unpaired) electrons. The summed E-state index contributed by atoms with van der Waals surface area (Å²) in [4.78, 5) is 9.40. The van der Waals surface area contributed by atoms with E-state index in [0.29, 0.717) is 0 Å². The van der Waals surface area contributed by atoms with Crippen molar-refractivity contribution in [2.24, 2.45) is 4.99 Å². The van der Waals surface area contributed by atoms with Gasteiger partial charge in [-0.3, -0.25) is 9.98 Å². The van der Waals surface area contributed by atoms with Crippen LogP contribution in [-0.2, 0) is 6.54 Å². The summed E-state index contributed by atoms with van der Waals surface area (Å²) in [6.07, 6.45) is 1.97. The number of aromatic nitrogens is 2. The summed E-state index contributed by atoms with van der Waals surface area (Å²) < 4.78 is 2.36. The van der Waals surface area contributed by atoms with E-state index in [9.17, 15) is 0 Å². The van der Waals surface area contributed by atoms with Crippen LogP contribution in [0.15, 0.2) is 84.0 Å². The van der Waals surface area contributed by atoms with Crippen LogP contribution in [0.4, 0.5) is 0 Å². The lowest BCUT2D eigenvalue weighted by Crippen LogP contribution is -2.19. The molecule has 0 amide bonds. The zero-order valence-electron chi connectivity index (χ0n) is 13.8. The molecule has 0 saturated carbocycles. The highest BCUT2D eigenvalue weighted by atomic mass is 15.1. The monoisotopic (exact) mass is 323 g/mol. The summed E-state index contributed by atoms with van der Waals surface area (Å²) >= 11 is 0. The Morgan fingerprint density at radius 2 is 1.56 bits per heavy atom. The first kappa shape index (κ1) is 14.2. The van der Waals surface area contributed by atoms with Gasteiger partial charge in [-0.1, -0.05) is 48.5 Å². The van der Waals surface area contributed by atoms with Gasteiger partial charge in [-0.25, -0.2) is 0 Å². The average molecular weight is 323 g/mol. The number of para-hydroxylation sites is 1. The van der Waals surface area contributed by atoms with Crippen molar-refractivity contribution in [2.75, 3.05) is 6.54 Å². The van der Waals surface area contributed by atoms with Crippen LogP contribution in [0.25, 0.3) is 22.2 Å². The first-order valence-corrected chi connectivity index (χ1v) is 8.55. The molecule has 1 aliphatic rings. The molecule has 2 aromatic carbocycles. The van der Waals surface area contributed by atoms with E-state index in [4.69, 9.17) is 4.99 Å². The molecule has 0 unspecified atom stereocenters. The van der Waals surface area contributed by atoms with E-state index >= 15 is 0 Å². The Bertz CT molecular complexity index is 1090. The van der Waals surface area contributed by atoms with Crippen molar-refractivity contribution in [1.29, 1.82) is 0 Å². The number of benzene rings is 2. The van der Waals surface area contributed by atoms with Crippen LogP contribution in [0.1, 0.15) is 11.3 Å². The summed E-state index contributed by atoms with van der Waals surface area (Å²) in [5.74, 6) is 0. The van der Waals surface area contributed by atoms with Gasteiger partial charge in [0.05, 0.1) is 29.2 Å². The van der Waals surface area contributed by atoms with Crippen LogP contribution >= 0.6 is 0 Å². The first-order chi connectivity index (χ1) is 12.4. The molecule has 0 atom stereocenters. The third-order valence-electron chi connectivity index (χ3n) is 4.75. The van der Waals surface area contributed by atoms with Gasteiger partial charge in [-0.15, -0.1) is 0 Å². The molecule has 0 saturated heterocycles. The van der Waals surface area contributed by atoms with Crippen molar-refractivity contribution in [3.63, 3.8) is 0 Å². The number of fused-ring (bicyclic) bond motifs is 2. The fourth-order valence-corrected chi connectivity index (χ4v) is 3.56. The summed E-state index contributed by atoms with van der Waals surface area (Å²) in [7, 11) is 0. The number of rotatable bonds is 2. The largest absolute Gasteiger partial charge is 0.337 e. The molecule has 3 nitrogen and oxygen atoms in total. The van der Waals surface area contributed by atoms with Gasteiger partial charge in [-0.05, 0) is 24.3 Å². The van der Waals surface area contributed by atoms with Gasteiger partial charge in [0.2, 0.25) is 0 Å². The van der Waals surface area contributed by atoms with Crippen LogP contribution in [-0.4, -0.2) is 21.8 Å². The third-order valence-corrected chi connectivity index (χ3v) is 4.75. The topological polar surface area (TPSA) is 30.2 Å². The van der Waals surface area contributed by atoms with Gasteiger partial charge in [0.15, 0.2) is 0 Å². The molecule has 0 spiro atoms. The lowest BCUT2D eigenvalue weighted by atomic mass is 10.1. The molecular weight excluding hydrogens is 306 g/mol. The Labute approximate surface area is 146 Å². The summed E-state index contributed by atoms with van der Waals surface area (Å²) in [5, 5.41) is 1.17. The molecule has 1 aliphatic heterocycles. The van der Waals surface area contributed by atoms with Crippen molar-refractivity contribution in [3.8, 4) is 11.3 Å². The second-order valence-corrected chi connectivity index (χ2v) is 6.27. The standard InChI is InChI=1S/C22H17N3/c1-2-6-16(7-3-1)22-21-11-10-20(25(21)13-12-23-22)18-14-17-8-4-5-9-19(17)24-15-18/h1-11,14-15H,12-13H2. The number of hydrogen-bond acceptors (Lipinski definition) is 2. The minimum atomic E-state index is 0.805. The van der Waals surface area contributed by atoms with E-state index in [2.05, 4.69) is 64.1 Å². The average Bonchev–Trinajstić information content (AvgIpc) is 3.12. The Morgan fingerprint density at radius 1 is 0.760 bits per heavy atom. The highest BCUT2D eigenvalue weighted by molar-refractivity contribution is 6.12. The second-order valence-electron chi connectivity index (χ2n) is 6.27. The zero-order valence-corrected chi connectivity index (χ0v) is 13.8. The molecule has 5 rings (SSSR count). The quantitative estimate of drug-likeness (QED) is 0.532. The van der Waals surface area contributed by atoms with E-state index < -0.39 is 0 Å². The van der Waals surface area contributed by atoms with Crippen molar-refractivity contribution in [1.82, 2.24) is 9.55 Å². The van der Waals surface area contributed by atoms with E-state index in [0.717, 1.165) is 29.9 Å². The molecule has 25 heavy (non-hydrogen) atoms. The van der Waals surface area contributed by atoms with Crippen LogP contribution in [0, 0.1) is 0 Å². The van der Waals surface area contributed by atoms with Gasteiger partial charge in [0, 0.05) is 29.3 Å². The molecule has 0 N–H and O–H groups in total. The van der Waals surface area contributed by atoms with Gasteiger partial charge in [-0.2, -0.15) is 0 Å². The van der Waals surface area contributed by atoms with E-state index in [1.807, 2.05) is 24.4 Å². The van der Waals surface area contributed by atoms with Gasteiger partial charge >= 0.3 is 0 Å². The normalized spacial score (nSPS) is 13.5. The number of pyridine rings is 1. The van der Waals surface area contributed by atoms with E-state index in [1.54, 1.807) is 0 Å². The molecule has 4 aromatic rings. The van der Waals surface area contributed by atoms with Gasteiger partial charge < -0.3 is 4.57 Å². The first-order valence-electron chi connectivity index (χ1n) is 8.55. The van der Waals surface area contributed by atoms with Crippen LogP contribution in [0.3, 0.4) is 0 Å². The molecule has 3 heterocycles. The van der Waals surface area contributed by atoms with E-state index in [-0.39, 0.29) is 0 Å². The minimum Gasteiger partial charge on any atom is -0.337 e. The Kier molecular flexibility index (Phi) is 3.23.